The minimum absolute atomic E-state index is 0.188. The number of thiazole rings is 1. The van der Waals surface area contributed by atoms with Crippen LogP contribution in [-0.2, 0) is 22.7 Å². The lowest BCUT2D eigenvalue weighted by molar-refractivity contribution is -0.110. The van der Waals surface area contributed by atoms with Crippen molar-refractivity contribution >= 4 is 22.9 Å². The molecule has 0 aliphatic carbocycles. The standard InChI is InChI=1S/C18H20ClN3O5S.C9H16.C2H3F3/c1-11-20-15(9-25-7-3-6-24-2)16(28-11)10-26-12-4-5-13(14(19)8-12)17-21-18(23)27-22-17;1-4-6-7-8-9(3)5-2;1-2(3,4)5/h4-5,8H,3,6-7,9-10H2,1-2H3,(H,21,22,23);4,6,8H,5,7H2,1-3H3;1H3/b;6-4-,9-8+;. The van der Waals surface area contributed by atoms with Gasteiger partial charge >= 0.3 is 11.9 Å². The van der Waals surface area contributed by atoms with Gasteiger partial charge in [-0.05, 0) is 58.2 Å². The van der Waals surface area contributed by atoms with Gasteiger partial charge in [0.2, 0.25) is 0 Å². The van der Waals surface area contributed by atoms with Crippen LogP contribution < -0.4 is 10.5 Å². The number of rotatable bonds is 13. The first-order valence-electron chi connectivity index (χ1n) is 13.2. The molecule has 42 heavy (non-hydrogen) atoms. The zero-order valence-corrected chi connectivity index (χ0v) is 26.3. The average molecular weight is 634 g/mol. The quantitative estimate of drug-likeness (QED) is 0.149. The second-order valence-corrected chi connectivity index (χ2v) is 10.6. The summed E-state index contributed by atoms with van der Waals surface area (Å²) in [5.74, 6) is 0.231. The zero-order valence-electron chi connectivity index (χ0n) is 24.8. The molecular formula is C29H39ClF3N3O5S. The molecule has 0 radical (unpaired) electrons. The fraction of sp³-hybridized carbons (Fsp3) is 0.483. The smallest absolute Gasteiger partial charge is 0.439 e. The van der Waals surface area contributed by atoms with Crippen LogP contribution in [0.4, 0.5) is 13.2 Å². The Morgan fingerprint density at radius 3 is 2.52 bits per heavy atom. The molecule has 0 aliphatic rings. The normalized spacial score (nSPS) is 11.6. The van der Waals surface area contributed by atoms with E-state index in [1.165, 1.54) is 12.0 Å². The highest BCUT2D eigenvalue weighted by molar-refractivity contribution is 7.11. The molecule has 8 nitrogen and oxygen atoms in total. The third-order valence-electron chi connectivity index (χ3n) is 5.16. The third kappa shape index (κ3) is 16.5. The zero-order chi connectivity index (χ0) is 31.5. The van der Waals surface area contributed by atoms with E-state index in [1.807, 2.05) is 6.92 Å². The molecule has 13 heteroatoms. The van der Waals surface area contributed by atoms with E-state index in [2.05, 4.69) is 58.6 Å². The van der Waals surface area contributed by atoms with Crippen LogP contribution in [0.25, 0.3) is 11.4 Å². The summed E-state index contributed by atoms with van der Waals surface area (Å²) >= 11 is 7.85. The monoisotopic (exact) mass is 633 g/mol. The summed E-state index contributed by atoms with van der Waals surface area (Å²) < 4.78 is 52.1. The van der Waals surface area contributed by atoms with Crippen LogP contribution in [0.1, 0.15) is 62.5 Å². The van der Waals surface area contributed by atoms with Gasteiger partial charge < -0.3 is 14.2 Å². The molecule has 3 aromatic rings. The van der Waals surface area contributed by atoms with Gasteiger partial charge in [-0.1, -0.05) is 47.5 Å². The Kier molecular flexibility index (Phi) is 17.7. The van der Waals surface area contributed by atoms with Gasteiger partial charge in [0, 0.05) is 32.8 Å². The fourth-order valence-electron chi connectivity index (χ4n) is 3.03. The van der Waals surface area contributed by atoms with Gasteiger partial charge in [-0.25, -0.2) is 9.78 Å². The Labute approximate surface area is 253 Å². The predicted molar refractivity (Wildman–Crippen MR) is 160 cm³/mol. The fourth-order valence-corrected chi connectivity index (χ4v) is 4.15. The second kappa shape index (κ2) is 20.1. The van der Waals surface area contributed by atoms with Crippen molar-refractivity contribution in [2.24, 2.45) is 0 Å². The summed E-state index contributed by atoms with van der Waals surface area (Å²) in [7, 11) is 1.67. The highest BCUT2D eigenvalue weighted by Crippen LogP contribution is 2.30. The molecule has 0 unspecified atom stereocenters. The molecule has 0 aliphatic heterocycles. The van der Waals surface area contributed by atoms with Gasteiger partial charge in [-0.3, -0.25) is 9.51 Å². The number of allylic oxidation sites excluding steroid dienone is 4. The Morgan fingerprint density at radius 1 is 1.24 bits per heavy atom. The SMILES string of the molecule is C/C=C\C/C=C(\C)CC.CC(F)(F)F.COCCCOCc1nc(C)sc1COc1ccc(-c2noc(=O)[nH]2)c(Cl)c1. The van der Waals surface area contributed by atoms with E-state index < -0.39 is 11.9 Å². The lowest BCUT2D eigenvalue weighted by atomic mass is 10.2. The molecule has 0 spiro atoms. The van der Waals surface area contributed by atoms with Crippen LogP contribution in [0.2, 0.25) is 5.02 Å². The van der Waals surface area contributed by atoms with E-state index >= 15 is 0 Å². The van der Waals surface area contributed by atoms with Crippen molar-refractivity contribution in [2.45, 2.75) is 73.3 Å². The van der Waals surface area contributed by atoms with Crippen LogP contribution in [0.3, 0.4) is 0 Å². The van der Waals surface area contributed by atoms with Crippen molar-refractivity contribution in [3.8, 4) is 17.1 Å². The van der Waals surface area contributed by atoms with Gasteiger partial charge in [0.15, 0.2) is 5.82 Å². The van der Waals surface area contributed by atoms with E-state index in [1.54, 1.807) is 36.6 Å². The Morgan fingerprint density at radius 2 is 1.95 bits per heavy atom. The minimum Gasteiger partial charge on any atom is -0.488 e. The number of hydrogen-bond donors (Lipinski definition) is 1. The van der Waals surface area contributed by atoms with E-state index in [-0.39, 0.29) is 12.7 Å². The largest absolute Gasteiger partial charge is 0.488 e. The van der Waals surface area contributed by atoms with Crippen LogP contribution in [-0.4, -0.2) is 41.6 Å². The number of benzene rings is 1. The number of hydrogen-bond acceptors (Lipinski definition) is 8. The molecule has 1 N–H and O–H groups in total. The van der Waals surface area contributed by atoms with Crippen LogP contribution >= 0.6 is 22.9 Å². The van der Waals surface area contributed by atoms with Crippen molar-refractivity contribution < 1.29 is 31.9 Å². The second-order valence-electron chi connectivity index (χ2n) is 8.87. The Hall–Kier alpha value is -2.93. The first kappa shape index (κ1) is 37.1. The molecule has 2 aromatic heterocycles. The molecule has 2 heterocycles. The summed E-state index contributed by atoms with van der Waals surface area (Å²) in [4.78, 5) is 19.1. The summed E-state index contributed by atoms with van der Waals surface area (Å²) in [5, 5.41) is 4.98. The van der Waals surface area contributed by atoms with Crippen molar-refractivity contribution in [1.29, 1.82) is 0 Å². The number of methoxy groups -OCH3 is 1. The highest BCUT2D eigenvalue weighted by Gasteiger charge is 2.16. The topological polar surface area (TPSA) is 99.5 Å². The number of halogens is 4. The summed E-state index contributed by atoms with van der Waals surface area (Å²) in [6, 6.07) is 5.13. The van der Waals surface area contributed by atoms with Crippen LogP contribution in [0.5, 0.6) is 5.75 Å². The lowest BCUT2D eigenvalue weighted by Gasteiger charge is -2.08. The molecule has 0 fully saturated rings. The maximum Gasteiger partial charge on any atom is 0.439 e. The number of aromatic amines is 1. The predicted octanol–water partition coefficient (Wildman–Crippen LogP) is 8.46. The molecule has 0 saturated carbocycles. The van der Waals surface area contributed by atoms with Gasteiger partial charge in [0.1, 0.15) is 12.4 Å². The number of aromatic nitrogens is 3. The first-order valence-corrected chi connectivity index (χ1v) is 14.4. The molecule has 234 valence electrons. The molecular weight excluding hydrogens is 595 g/mol. The van der Waals surface area contributed by atoms with E-state index in [4.69, 9.17) is 25.8 Å². The molecule has 0 saturated heterocycles. The van der Waals surface area contributed by atoms with Crippen molar-refractivity contribution in [2.75, 3.05) is 20.3 Å². The van der Waals surface area contributed by atoms with E-state index in [0.29, 0.717) is 42.8 Å². The third-order valence-corrected chi connectivity index (χ3v) is 6.46. The molecule has 1 aromatic carbocycles. The molecule has 3 rings (SSSR count). The van der Waals surface area contributed by atoms with Crippen molar-refractivity contribution in [3.05, 3.63) is 73.2 Å². The average Bonchev–Trinajstić information content (AvgIpc) is 3.51. The lowest BCUT2D eigenvalue weighted by Crippen LogP contribution is -2.03. The summed E-state index contributed by atoms with van der Waals surface area (Å²) in [6.45, 7) is 10.6. The summed E-state index contributed by atoms with van der Waals surface area (Å²) in [5.41, 5.74) is 2.91. The first-order chi connectivity index (χ1) is 19.9. The molecule has 0 atom stereocenters. The van der Waals surface area contributed by atoms with Crippen LogP contribution in [0.15, 0.2) is 51.3 Å². The molecule has 0 amide bonds. The van der Waals surface area contributed by atoms with Crippen molar-refractivity contribution in [3.63, 3.8) is 0 Å². The number of ether oxygens (including phenoxy) is 3. The maximum absolute atomic E-state index is 11.1. The highest BCUT2D eigenvalue weighted by atomic mass is 35.5. The van der Waals surface area contributed by atoms with Gasteiger partial charge in [-0.15, -0.1) is 11.3 Å². The van der Waals surface area contributed by atoms with Crippen molar-refractivity contribution in [1.82, 2.24) is 15.1 Å². The Balaban J connectivity index is 0.000000524. The van der Waals surface area contributed by atoms with E-state index in [9.17, 15) is 18.0 Å². The van der Waals surface area contributed by atoms with Gasteiger partial charge in [0.25, 0.3) is 0 Å². The van der Waals surface area contributed by atoms with Crippen LogP contribution in [0, 0.1) is 6.92 Å². The Bertz CT molecular complexity index is 1300. The number of aryl methyl sites for hydroxylation is 1. The number of alkyl halides is 3. The molecule has 0 bridgehead atoms. The minimum atomic E-state index is -4.00. The number of H-pyrrole nitrogens is 1. The number of nitrogens with one attached hydrogen (secondary N) is 1. The maximum atomic E-state index is 11.1. The summed E-state index contributed by atoms with van der Waals surface area (Å²) in [6.07, 6.45) is 5.62. The van der Waals surface area contributed by atoms with Gasteiger partial charge in [0.05, 0.1) is 27.2 Å². The van der Waals surface area contributed by atoms with Gasteiger partial charge in [-0.2, -0.15) is 13.2 Å². The number of nitrogens with zero attached hydrogens (tertiary/aromatic N) is 2. The van der Waals surface area contributed by atoms with E-state index in [0.717, 1.165) is 28.4 Å².